The number of aliphatic hydroxyl groups is 1. The van der Waals surface area contributed by atoms with Crippen LogP contribution >= 0.6 is 11.6 Å². The lowest BCUT2D eigenvalue weighted by atomic mass is 10.5. The van der Waals surface area contributed by atoms with E-state index in [0.29, 0.717) is 19.0 Å². The van der Waals surface area contributed by atoms with Crippen molar-refractivity contribution < 1.29 is 9.84 Å². The molecule has 0 aliphatic carbocycles. The second kappa shape index (κ2) is 7.19. The molecule has 90 valence electrons. The van der Waals surface area contributed by atoms with E-state index in [1.807, 2.05) is 6.92 Å². The highest BCUT2D eigenvalue weighted by molar-refractivity contribution is 6.28. The fourth-order valence-corrected chi connectivity index (χ4v) is 1.09. The molecule has 0 bridgehead atoms. The molecule has 0 saturated heterocycles. The van der Waals surface area contributed by atoms with Gasteiger partial charge in [0.05, 0.1) is 6.61 Å². The summed E-state index contributed by atoms with van der Waals surface area (Å²) in [7, 11) is 0. The smallest absolute Gasteiger partial charge is 0.322 e. The Morgan fingerprint density at radius 2 is 2.19 bits per heavy atom. The van der Waals surface area contributed by atoms with Crippen molar-refractivity contribution in [1.82, 2.24) is 15.0 Å². The van der Waals surface area contributed by atoms with Crippen LogP contribution in [0.4, 0.5) is 5.95 Å². The molecule has 7 heteroatoms. The minimum Gasteiger partial charge on any atom is -0.463 e. The molecule has 0 saturated carbocycles. The Bertz CT molecular complexity index is 324. The normalized spacial score (nSPS) is 10.2. The van der Waals surface area contributed by atoms with Crippen LogP contribution in [0, 0.1) is 0 Å². The molecular formula is C9H15ClN4O2. The van der Waals surface area contributed by atoms with Crippen molar-refractivity contribution in [2.75, 3.05) is 25.1 Å². The third kappa shape index (κ3) is 4.59. The van der Waals surface area contributed by atoms with Gasteiger partial charge in [0.15, 0.2) is 0 Å². The zero-order valence-electron chi connectivity index (χ0n) is 9.11. The maximum Gasteiger partial charge on any atom is 0.322 e. The monoisotopic (exact) mass is 246 g/mol. The Morgan fingerprint density at radius 3 is 2.88 bits per heavy atom. The molecule has 0 aromatic carbocycles. The van der Waals surface area contributed by atoms with E-state index in [1.165, 1.54) is 0 Å². The number of aromatic nitrogens is 3. The van der Waals surface area contributed by atoms with E-state index in [0.717, 1.165) is 13.0 Å². The van der Waals surface area contributed by atoms with Crippen LogP contribution in [0.5, 0.6) is 6.01 Å². The minimum atomic E-state index is 0.0692. The average molecular weight is 247 g/mol. The average Bonchev–Trinajstić information content (AvgIpc) is 2.26. The molecule has 1 aromatic heterocycles. The largest absolute Gasteiger partial charge is 0.463 e. The molecule has 0 unspecified atom stereocenters. The molecule has 0 aliphatic rings. The summed E-state index contributed by atoms with van der Waals surface area (Å²) in [4.78, 5) is 11.7. The predicted molar refractivity (Wildman–Crippen MR) is 60.8 cm³/mol. The molecule has 0 atom stereocenters. The van der Waals surface area contributed by atoms with Crippen molar-refractivity contribution in [3.8, 4) is 6.01 Å². The number of hydrogen-bond donors (Lipinski definition) is 2. The number of nitrogens with one attached hydrogen (secondary N) is 1. The molecular weight excluding hydrogens is 232 g/mol. The van der Waals surface area contributed by atoms with Crippen LogP contribution in [0.1, 0.15) is 19.8 Å². The maximum atomic E-state index is 8.60. The lowest BCUT2D eigenvalue weighted by molar-refractivity contribution is 0.224. The van der Waals surface area contributed by atoms with E-state index < -0.39 is 0 Å². The number of hydrogen-bond acceptors (Lipinski definition) is 6. The van der Waals surface area contributed by atoms with Crippen LogP contribution in [-0.4, -0.2) is 39.8 Å². The first-order chi connectivity index (χ1) is 7.76. The predicted octanol–water partition coefficient (Wildman–Crippen LogP) is 1.11. The first-order valence-electron chi connectivity index (χ1n) is 5.15. The Hall–Kier alpha value is -1.14. The van der Waals surface area contributed by atoms with Crippen molar-refractivity contribution in [3.05, 3.63) is 5.28 Å². The molecule has 0 radical (unpaired) electrons. The number of rotatable bonds is 7. The van der Waals surface area contributed by atoms with Gasteiger partial charge in [0.2, 0.25) is 11.2 Å². The van der Waals surface area contributed by atoms with Crippen LogP contribution in [0.15, 0.2) is 0 Å². The first-order valence-corrected chi connectivity index (χ1v) is 5.53. The maximum absolute atomic E-state index is 8.60. The van der Waals surface area contributed by atoms with Crippen molar-refractivity contribution in [2.24, 2.45) is 0 Å². The fraction of sp³-hybridized carbons (Fsp3) is 0.667. The fourth-order valence-electron chi connectivity index (χ4n) is 0.940. The van der Waals surface area contributed by atoms with Crippen molar-refractivity contribution in [2.45, 2.75) is 19.8 Å². The summed E-state index contributed by atoms with van der Waals surface area (Å²) < 4.78 is 5.20. The molecule has 1 aromatic rings. The lowest BCUT2D eigenvalue weighted by Gasteiger charge is -2.06. The summed E-state index contributed by atoms with van der Waals surface area (Å²) in [5, 5.41) is 11.7. The molecule has 0 spiro atoms. The van der Waals surface area contributed by atoms with Gasteiger partial charge in [-0.2, -0.15) is 15.0 Å². The highest BCUT2D eigenvalue weighted by Crippen LogP contribution is 2.11. The number of nitrogens with zero attached hydrogens (tertiary/aromatic N) is 3. The van der Waals surface area contributed by atoms with Gasteiger partial charge >= 0.3 is 6.01 Å². The van der Waals surface area contributed by atoms with Crippen LogP contribution in [0.25, 0.3) is 0 Å². The van der Waals surface area contributed by atoms with E-state index in [4.69, 9.17) is 21.4 Å². The number of ether oxygens (including phenoxy) is 1. The Labute approximate surface area is 99.0 Å². The van der Waals surface area contributed by atoms with Crippen LogP contribution in [-0.2, 0) is 0 Å². The van der Waals surface area contributed by atoms with Gasteiger partial charge < -0.3 is 15.2 Å². The molecule has 16 heavy (non-hydrogen) atoms. The van der Waals surface area contributed by atoms with Gasteiger partial charge in [0.25, 0.3) is 0 Å². The van der Waals surface area contributed by atoms with Crippen molar-refractivity contribution >= 4 is 17.5 Å². The van der Waals surface area contributed by atoms with Gasteiger partial charge in [0, 0.05) is 19.6 Å². The second-order valence-electron chi connectivity index (χ2n) is 3.06. The SMILES string of the molecule is CCCNc1nc(Cl)nc(OCCCO)n1. The standard InChI is InChI=1S/C9H15ClN4O2/c1-2-4-11-8-12-7(10)13-9(14-8)16-6-3-5-15/h15H,2-6H2,1H3,(H,11,12,13,14). The van der Waals surface area contributed by atoms with Gasteiger partial charge in [0.1, 0.15) is 0 Å². The zero-order valence-corrected chi connectivity index (χ0v) is 9.87. The number of anilines is 1. The Kier molecular flexibility index (Phi) is 5.81. The van der Waals surface area contributed by atoms with Gasteiger partial charge in [-0.1, -0.05) is 6.92 Å². The van der Waals surface area contributed by atoms with Gasteiger partial charge in [-0.15, -0.1) is 0 Å². The zero-order chi connectivity index (χ0) is 11.8. The lowest BCUT2D eigenvalue weighted by Crippen LogP contribution is -2.08. The van der Waals surface area contributed by atoms with E-state index in [-0.39, 0.29) is 17.9 Å². The highest BCUT2D eigenvalue weighted by Gasteiger charge is 2.05. The van der Waals surface area contributed by atoms with E-state index >= 15 is 0 Å². The molecule has 0 aliphatic heterocycles. The Balaban J connectivity index is 2.58. The van der Waals surface area contributed by atoms with Crippen LogP contribution in [0.2, 0.25) is 5.28 Å². The summed E-state index contributed by atoms with van der Waals surface area (Å²) in [6, 6.07) is 0.173. The topological polar surface area (TPSA) is 80.2 Å². The van der Waals surface area contributed by atoms with Gasteiger partial charge in [-0.05, 0) is 18.0 Å². The van der Waals surface area contributed by atoms with E-state index in [9.17, 15) is 0 Å². The summed E-state index contributed by atoms with van der Waals surface area (Å²) >= 11 is 5.71. The van der Waals surface area contributed by atoms with Gasteiger partial charge in [-0.3, -0.25) is 0 Å². The quantitative estimate of drug-likeness (QED) is 0.702. The first kappa shape index (κ1) is 12.9. The van der Waals surface area contributed by atoms with Crippen LogP contribution < -0.4 is 10.1 Å². The number of halogens is 1. The van der Waals surface area contributed by atoms with Crippen molar-refractivity contribution in [3.63, 3.8) is 0 Å². The van der Waals surface area contributed by atoms with Crippen LogP contribution in [0.3, 0.4) is 0 Å². The number of aliphatic hydroxyl groups excluding tert-OH is 1. The molecule has 0 amide bonds. The van der Waals surface area contributed by atoms with E-state index in [2.05, 4.69) is 20.3 Å². The minimum absolute atomic E-state index is 0.0692. The molecule has 1 rings (SSSR count). The molecule has 0 fully saturated rings. The van der Waals surface area contributed by atoms with Crippen molar-refractivity contribution in [1.29, 1.82) is 0 Å². The molecule has 2 N–H and O–H groups in total. The summed E-state index contributed by atoms with van der Waals surface area (Å²) in [5.41, 5.74) is 0. The Morgan fingerprint density at radius 1 is 1.38 bits per heavy atom. The summed E-state index contributed by atoms with van der Waals surface area (Å²) in [6.07, 6.45) is 1.49. The highest BCUT2D eigenvalue weighted by atomic mass is 35.5. The second-order valence-corrected chi connectivity index (χ2v) is 3.40. The van der Waals surface area contributed by atoms with Gasteiger partial charge in [-0.25, -0.2) is 0 Å². The summed E-state index contributed by atoms with van der Waals surface area (Å²) in [6.45, 7) is 3.22. The molecule has 6 nitrogen and oxygen atoms in total. The summed E-state index contributed by atoms with van der Waals surface area (Å²) in [5.74, 6) is 0.404. The third-order valence-corrected chi connectivity index (χ3v) is 1.82. The van der Waals surface area contributed by atoms with E-state index in [1.54, 1.807) is 0 Å². The molecule has 1 heterocycles. The third-order valence-electron chi connectivity index (χ3n) is 1.65.